The smallest absolute Gasteiger partial charge is 0.259 e. The predicted octanol–water partition coefficient (Wildman–Crippen LogP) is 2.38. The number of aromatic amines is 1. The van der Waals surface area contributed by atoms with Gasteiger partial charge in [-0.05, 0) is 32.3 Å². The third kappa shape index (κ3) is 5.22. The molecule has 0 aliphatic rings. The quantitative estimate of drug-likeness (QED) is 0.632. The molecule has 2 N–H and O–H groups in total. The molecule has 0 fully saturated rings. The van der Waals surface area contributed by atoms with Gasteiger partial charge >= 0.3 is 0 Å². The van der Waals surface area contributed by atoms with E-state index in [1.165, 1.54) is 0 Å². The van der Waals surface area contributed by atoms with E-state index >= 15 is 0 Å². The van der Waals surface area contributed by atoms with Crippen molar-refractivity contribution >= 4 is 21.6 Å². The van der Waals surface area contributed by atoms with Crippen LogP contribution in [0.1, 0.15) is 29.1 Å². The van der Waals surface area contributed by atoms with E-state index in [-0.39, 0.29) is 5.56 Å². The van der Waals surface area contributed by atoms with Crippen LogP contribution in [0.15, 0.2) is 17.4 Å². The Balaban J connectivity index is 2.18. The highest BCUT2D eigenvalue weighted by atomic mass is 32.1. The molecule has 2 heterocycles. The van der Waals surface area contributed by atoms with Gasteiger partial charge in [-0.2, -0.15) is 0 Å². The second-order valence-corrected chi connectivity index (χ2v) is 7.43. The molecule has 0 unspecified atom stereocenters. The number of nitrogens with zero attached hydrogens (tertiary/aromatic N) is 2. The number of aliphatic hydroxyl groups excluding tert-OH is 1. The minimum Gasteiger partial charge on any atom is -0.392 e. The van der Waals surface area contributed by atoms with E-state index in [9.17, 15) is 9.90 Å². The topological polar surface area (TPSA) is 78.5 Å². The lowest BCUT2D eigenvalue weighted by molar-refractivity contribution is 0.0796. The van der Waals surface area contributed by atoms with Gasteiger partial charge in [0.2, 0.25) is 0 Å². The molecule has 6 nitrogen and oxygen atoms in total. The van der Waals surface area contributed by atoms with Crippen molar-refractivity contribution in [1.29, 1.82) is 0 Å². The maximum absolute atomic E-state index is 12.4. The van der Waals surface area contributed by atoms with Gasteiger partial charge in [-0.25, -0.2) is 4.98 Å². The van der Waals surface area contributed by atoms with Gasteiger partial charge in [-0.3, -0.25) is 9.69 Å². The highest BCUT2D eigenvalue weighted by Gasteiger charge is 2.16. The summed E-state index contributed by atoms with van der Waals surface area (Å²) in [5.74, 6) is 0.616. The lowest BCUT2D eigenvalue weighted by atomic mass is 10.2. The Labute approximate surface area is 152 Å². The van der Waals surface area contributed by atoms with Crippen LogP contribution in [0, 0.1) is 13.8 Å². The Bertz CT molecular complexity index is 769. The van der Waals surface area contributed by atoms with Crippen LogP contribution in [0.3, 0.4) is 0 Å². The summed E-state index contributed by atoms with van der Waals surface area (Å²) in [5.41, 5.74) is 0.900. The minimum atomic E-state index is -0.448. The van der Waals surface area contributed by atoms with Crippen molar-refractivity contribution in [2.24, 2.45) is 0 Å². The average molecular weight is 365 g/mol. The van der Waals surface area contributed by atoms with Crippen molar-refractivity contribution < 1.29 is 9.84 Å². The number of aryl methyl sites for hydroxylation is 2. The van der Waals surface area contributed by atoms with Crippen LogP contribution >= 0.6 is 11.3 Å². The molecule has 0 radical (unpaired) electrons. The van der Waals surface area contributed by atoms with Gasteiger partial charge in [-0.1, -0.05) is 6.08 Å². The van der Waals surface area contributed by atoms with Crippen molar-refractivity contribution in [3.8, 4) is 0 Å². The van der Waals surface area contributed by atoms with E-state index in [0.29, 0.717) is 43.9 Å². The van der Waals surface area contributed by atoms with E-state index in [1.54, 1.807) is 24.5 Å². The molecular formula is C18H27N3O3S. The fourth-order valence-corrected chi connectivity index (χ4v) is 3.79. The van der Waals surface area contributed by atoms with Gasteiger partial charge in [0, 0.05) is 25.1 Å². The molecule has 2 rings (SSSR count). The Morgan fingerprint density at radius 1 is 1.48 bits per heavy atom. The second kappa shape index (κ2) is 9.24. The number of rotatable bonds is 10. The first-order chi connectivity index (χ1) is 12.0. The first-order valence-electron chi connectivity index (χ1n) is 8.45. The van der Waals surface area contributed by atoms with E-state index in [4.69, 9.17) is 4.74 Å². The fraction of sp³-hybridized carbons (Fsp3) is 0.556. The molecule has 1 atom stereocenters. The maximum atomic E-state index is 12.4. The first kappa shape index (κ1) is 19.8. The van der Waals surface area contributed by atoms with Crippen molar-refractivity contribution in [3.63, 3.8) is 0 Å². The molecule has 0 aromatic carbocycles. The summed E-state index contributed by atoms with van der Waals surface area (Å²) in [6.45, 7) is 9.82. The lowest BCUT2D eigenvalue weighted by Gasteiger charge is -2.24. The van der Waals surface area contributed by atoms with Crippen LogP contribution < -0.4 is 5.56 Å². The summed E-state index contributed by atoms with van der Waals surface area (Å²) in [4.78, 5) is 23.8. The summed E-state index contributed by atoms with van der Waals surface area (Å²) in [5, 5.41) is 10.9. The molecule has 0 bridgehead atoms. The number of thiophene rings is 1. The number of fused-ring (bicyclic) bond motifs is 1. The van der Waals surface area contributed by atoms with Gasteiger partial charge in [0.25, 0.3) is 5.56 Å². The van der Waals surface area contributed by atoms with Crippen molar-refractivity contribution in [1.82, 2.24) is 14.9 Å². The number of H-pyrrole nitrogens is 1. The van der Waals surface area contributed by atoms with Crippen LogP contribution in [0.5, 0.6) is 0 Å². The lowest BCUT2D eigenvalue weighted by Crippen LogP contribution is -2.35. The molecule has 0 spiro atoms. The Hall–Kier alpha value is -1.54. The molecule has 2 aromatic rings. The number of ether oxygens (including phenoxy) is 1. The van der Waals surface area contributed by atoms with Crippen molar-refractivity contribution in [3.05, 3.63) is 39.3 Å². The number of methoxy groups -OCH3 is 1. The fourth-order valence-electron chi connectivity index (χ4n) is 2.74. The molecule has 0 saturated carbocycles. The summed E-state index contributed by atoms with van der Waals surface area (Å²) >= 11 is 1.54. The second-order valence-electron chi connectivity index (χ2n) is 6.22. The zero-order valence-electron chi connectivity index (χ0n) is 15.2. The third-order valence-electron chi connectivity index (χ3n) is 4.25. The zero-order chi connectivity index (χ0) is 18.4. The Morgan fingerprint density at radius 2 is 2.24 bits per heavy atom. The number of hydrogen-bond acceptors (Lipinski definition) is 6. The van der Waals surface area contributed by atoms with Crippen molar-refractivity contribution in [2.75, 3.05) is 26.8 Å². The van der Waals surface area contributed by atoms with Gasteiger partial charge in [-0.15, -0.1) is 17.9 Å². The van der Waals surface area contributed by atoms with Crippen molar-refractivity contribution in [2.45, 2.75) is 39.3 Å². The van der Waals surface area contributed by atoms with Crippen LogP contribution in [0.25, 0.3) is 10.2 Å². The standard InChI is InChI=1S/C18H27N3O3S/c1-5-6-7-14(22)10-21(8-9-24-4)11-15-19-17(23)16-12(2)13(3)25-18(16)20-15/h5,14,22H,1,6-11H2,2-4H3,(H,19,20,23)/t14-/m0/s1. The van der Waals surface area contributed by atoms with Crippen LogP contribution in [0.2, 0.25) is 0 Å². The number of aromatic nitrogens is 2. The molecule has 138 valence electrons. The van der Waals surface area contributed by atoms with Crippen LogP contribution in [0.4, 0.5) is 0 Å². The molecule has 0 saturated heterocycles. The van der Waals surface area contributed by atoms with E-state index in [2.05, 4.69) is 21.4 Å². The zero-order valence-corrected chi connectivity index (χ0v) is 16.0. The molecule has 7 heteroatoms. The number of hydrogen-bond donors (Lipinski definition) is 2. The van der Waals surface area contributed by atoms with Gasteiger partial charge in [0.15, 0.2) is 0 Å². The largest absolute Gasteiger partial charge is 0.392 e. The van der Waals surface area contributed by atoms with E-state index in [0.717, 1.165) is 21.7 Å². The normalized spacial score (nSPS) is 12.8. The molecule has 0 amide bonds. The van der Waals surface area contributed by atoms with Gasteiger partial charge in [0.05, 0.1) is 24.6 Å². The SMILES string of the molecule is C=CCC[C@H](O)CN(CCOC)Cc1nc2sc(C)c(C)c2c(=O)[nH]1. The minimum absolute atomic E-state index is 0.0965. The Morgan fingerprint density at radius 3 is 2.92 bits per heavy atom. The first-order valence-corrected chi connectivity index (χ1v) is 9.27. The summed E-state index contributed by atoms with van der Waals surface area (Å²) in [7, 11) is 1.65. The molecule has 0 aliphatic carbocycles. The van der Waals surface area contributed by atoms with Gasteiger partial charge < -0.3 is 14.8 Å². The molecular weight excluding hydrogens is 338 g/mol. The highest BCUT2D eigenvalue weighted by molar-refractivity contribution is 7.18. The number of nitrogens with one attached hydrogen (secondary N) is 1. The molecule has 2 aromatic heterocycles. The Kier molecular flexibility index (Phi) is 7.31. The monoisotopic (exact) mass is 365 g/mol. The molecule has 0 aliphatic heterocycles. The highest BCUT2D eigenvalue weighted by Crippen LogP contribution is 2.25. The third-order valence-corrected chi connectivity index (χ3v) is 5.35. The summed E-state index contributed by atoms with van der Waals surface area (Å²) < 4.78 is 5.16. The average Bonchev–Trinajstić information content (AvgIpc) is 2.85. The van der Waals surface area contributed by atoms with Crippen LogP contribution in [-0.4, -0.2) is 52.9 Å². The summed E-state index contributed by atoms with van der Waals surface area (Å²) in [6.07, 6.45) is 2.79. The van der Waals surface area contributed by atoms with Crippen LogP contribution in [-0.2, 0) is 11.3 Å². The maximum Gasteiger partial charge on any atom is 0.259 e. The number of aliphatic hydroxyl groups is 1. The predicted molar refractivity (Wildman–Crippen MR) is 102 cm³/mol. The summed E-state index contributed by atoms with van der Waals surface area (Å²) in [6, 6.07) is 0. The van der Waals surface area contributed by atoms with E-state index in [1.807, 2.05) is 13.8 Å². The van der Waals surface area contributed by atoms with Gasteiger partial charge in [0.1, 0.15) is 10.7 Å². The van der Waals surface area contributed by atoms with E-state index < -0.39 is 6.10 Å². The molecule has 25 heavy (non-hydrogen) atoms. The number of allylic oxidation sites excluding steroid dienone is 1.